The van der Waals surface area contributed by atoms with Crippen LogP contribution in [0.3, 0.4) is 0 Å². The lowest BCUT2D eigenvalue weighted by atomic mass is 9.70. The van der Waals surface area contributed by atoms with Crippen LogP contribution >= 0.6 is 0 Å². The third-order valence-electron chi connectivity index (χ3n) is 10.7. The molecule has 0 spiro atoms. The van der Waals surface area contributed by atoms with Crippen molar-refractivity contribution in [2.24, 2.45) is 29.1 Å². The second-order valence-electron chi connectivity index (χ2n) is 14.6. The van der Waals surface area contributed by atoms with E-state index in [0.29, 0.717) is 36.7 Å². The summed E-state index contributed by atoms with van der Waals surface area (Å²) in [5, 5.41) is 3.22. The molecule has 43 heavy (non-hydrogen) atoms. The van der Waals surface area contributed by atoms with Gasteiger partial charge in [0.15, 0.2) is 0 Å². The van der Waals surface area contributed by atoms with Crippen LogP contribution in [0, 0.1) is 29.1 Å². The number of nitrogens with one attached hydrogen (secondary N) is 1. The molecule has 1 amide bonds. The molecule has 4 aliphatic rings. The Kier molecular flexibility index (Phi) is 11.5. The molecule has 2 bridgehead atoms. The molecule has 3 unspecified atom stereocenters. The first-order valence-electron chi connectivity index (χ1n) is 16.6. The average molecular weight is 597 g/mol. The molecule has 1 heterocycles. The first-order valence-corrected chi connectivity index (χ1v) is 16.6. The maximum absolute atomic E-state index is 12.8. The highest BCUT2D eigenvalue weighted by atomic mass is 16.5. The Balaban J connectivity index is 1.16. The minimum absolute atomic E-state index is 0.0119. The molecule has 240 valence electrons. The van der Waals surface area contributed by atoms with Gasteiger partial charge in [0.1, 0.15) is 5.76 Å². The summed E-state index contributed by atoms with van der Waals surface area (Å²) in [5.74, 6) is 2.45. The number of hydrogen-bond donors (Lipinski definition) is 1. The number of amides is 1. The number of carbonyl (C=O) groups is 2. The van der Waals surface area contributed by atoms with Gasteiger partial charge in [-0.25, -0.2) is 9.59 Å². The second kappa shape index (κ2) is 14.9. The molecule has 3 saturated carbocycles. The molecule has 3 atom stereocenters. The molecule has 7 heteroatoms. The molecule has 0 aromatic rings. The van der Waals surface area contributed by atoms with Crippen LogP contribution in [0.2, 0.25) is 0 Å². The van der Waals surface area contributed by atoms with E-state index in [1.54, 1.807) is 6.08 Å². The quantitative estimate of drug-likeness (QED) is 0.0959. The van der Waals surface area contributed by atoms with Gasteiger partial charge < -0.3 is 24.4 Å². The summed E-state index contributed by atoms with van der Waals surface area (Å²) in [6.07, 6.45) is 16.8. The fourth-order valence-electron chi connectivity index (χ4n) is 8.46. The van der Waals surface area contributed by atoms with E-state index in [1.807, 2.05) is 0 Å². The average Bonchev–Trinajstić information content (AvgIpc) is 3.20. The molecule has 0 radical (unpaired) electrons. The van der Waals surface area contributed by atoms with E-state index >= 15 is 0 Å². The first-order chi connectivity index (χ1) is 20.5. The SMILES string of the molecule is C=CC(=C)OCC1CCC(CCC(=C)N2CC3(C)CC(NC(=O)OCC4CCC(COC(=O)C=C)CC4)CC2(C)C3)CC1. The topological polar surface area (TPSA) is 77.1 Å². The highest BCUT2D eigenvalue weighted by molar-refractivity contribution is 5.81. The van der Waals surface area contributed by atoms with Gasteiger partial charge in [0, 0.05) is 29.9 Å². The third kappa shape index (κ3) is 9.39. The normalized spacial score (nSPS) is 33.6. The minimum atomic E-state index is -0.361. The van der Waals surface area contributed by atoms with Crippen LogP contribution in [0.25, 0.3) is 0 Å². The standard InChI is InChI=1S/C36H56N2O5/c1-7-27(4)41-21-29-13-11-28(12-14-29)10-9-26(3)38-25-35(5)19-32(20-36(38,6)24-35)37-34(40)43-23-31-17-15-30(16-18-31)22-42-33(39)8-2/h7-8,28-32H,1-4,9-25H2,5-6H3,(H,37,40). The van der Waals surface area contributed by atoms with Gasteiger partial charge in [-0.3, -0.25) is 0 Å². The van der Waals surface area contributed by atoms with Gasteiger partial charge in [0.05, 0.1) is 19.8 Å². The number of rotatable bonds is 14. The number of alkyl carbamates (subject to hydrolysis) is 1. The van der Waals surface area contributed by atoms with E-state index in [1.165, 1.54) is 43.9 Å². The molecule has 1 N–H and O–H groups in total. The van der Waals surface area contributed by atoms with Crippen molar-refractivity contribution in [2.45, 2.75) is 109 Å². The number of carbonyl (C=O) groups excluding carboxylic acids is 2. The summed E-state index contributed by atoms with van der Waals surface area (Å²) in [6, 6.07) is 0.110. The van der Waals surface area contributed by atoms with Crippen LogP contribution in [0.4, 0.5) is 4.79 Å². The Labute approximate surface area is 260 Å². The molecule has 1 aliphatic heterocycles. The smallest absolute Gasteiger partial charge is 0.407 e. The van der Waals surface area contributed by atoms with Gasteiger partial charge >= 0.3 is 12.1 Å². The summed E-state index contributed by atoms with van der Waals surface area (Å²) in [6.45, 7) is 23.0. The van der Waals surface area contributed by atoms with Gasteiger partial charge in [-0.15, -0.1) is 0 Å². The van der Waals surface area contributed by atoms with Gasteiger partial charge in [-0.2, -0.15) is 0 Å². The maximum Gasteiger partial charge on any atom is 0.407 e. The highest BCUT2D eigenvalue weighted by Crippen LogP contribution is 2.53. The third-order valence-corrected chi connectivity index (χ3v) is 10.7. The first kappa shape index (κ1) is 33.2. The maximum atomic E-state index is 12.8. The molecule has 4 rings (SSSR count). The predicted molar refractivity (Wildman–Crippen MR) is 171 cm³/mol. The van der Waals surface area contributed by atoms with E-state index in [9.17, 15) is 9.59 Å². The fraction of sp³-hybridized carbons (Fsp3) is 0.722. The summed E-state index contributed by atoms with van der Waals surface area (Å²) in [7, 11) is 0. The van der Waals surface area contributed by atoms with Gasteiger partial charge in [-0.05, 0) is 113 Å². The summed E-state index contributed by atoms with van der Waals surface area (Å²) in [5.41, 5.74) is 1.43. The molecular weight excluding hydrogens is 540 g/mol. The molecule has 7 nitrogen and oxygen atoms in total. The van der Waals surface area contributed by atoms with Crippen molar-refractivity contribution >= 4 is 12.1 Å². The van der Waals surface area contributed by atoms with E-state index in [0.717, 1.165) is 70.4 Å². The summed E-state index contributed by atoms with van der Waals surface area (Å²) < 4.78 is 16.6. The van der Waals surface area contributed by atoms with Crippen LogP contribution < -0.4 is 5.32 Å². The Morgan fingerprint density at radius 1 is 0.814 bits per heavy atom. The van der Waals surface area contributed by atoms with E-state index in [-0.39, 0.29) is 29.1 Å². The summed E-state index contributed by atoms with van der Waals surface area (Å²) in [4.78, 5) is 26.7. The van der Waals surface area contributed by atoms with Crippen molar-refractivity contribution in [2.75, 3.05) is 26.4 Å². The lowest BCUT2D eigenvalue weighted by molar-refractivity contribution is -0.139. The monoisotopic (exact) mass is 596 g/mol. The van der Waals surface area contributed by atoms with Crippen molar-refractivity contribution in [1.82, 2.24) is 10.2 Å². The zero-order valence-corrected chi connectivity index (χ0v) is 26.9. The zero-order chi connectivity index (χ0) is 31.0. The Bertz CT molecular complexity index is 1020. The van der Waals surface area contributed by atoms with Crippen molar-refractivity contribution < 1.29 is 23.8 Å². The molecule has 4 fully saturated rings. The number of hydrogen-bond acceptors (Lipinski definition) is 6. The number of allylic oxidation sites excluding steroid dienone is 2. The number of esters is 1. The van der Waals surface area contributed by atoms with Crippen molar-refractivity contribution in [3.63, 3.8) is 0 Å². The second-order valence-corrected chi connectivity index (χ2v) is 14.6. The van der Waals surface area contributed by atoms with E-state index < -0.39 is 0 Å². The van der Waals surface area contributed by atoms with Gasteiger partial charge in [-0.1, -0.05) is 46.1 Å². The fourth-order valence-corrected chi connectivity index (χ4v) is 8.46. The van der Waals surface area contributed by atoms with Crippen molar-refractivity contribution in [3.05, 3.63) is 49.9 Å². The Hall–Kier alpha value is -2.70. The lowest BCUT2D eigenvalue weighted by Gasteiger charge is -2.43. The largest absolute Gasteiger partial charge is 0.494 e. The van der Waals surface area contributed by atoms with Crippen LogP contribution in [-0.4, -0.2) is 54.9 Å². The molecule has 0 aromatic carbocycles. The van der Waals surface area contributed by atoms with Crippen molar-refractivity contribution in [1.29, 1.82) is 0 Å². The van der Waals surface area contributed by atoms with Gasteiger partial charge in [0.25, 0.3) is 0 Å². The van der Waals surface area contributed by atoms with Crippen LogP contribution in [-0.2, 0) is 19.0 Å². The number of ether oxygens (including phenoxy) is 3. The van der Waals surface area contributed by atoms with Crippen LogP contribution in [0.1, 0.15) is 97.3 Å². The Morgan fingerprint density at radius 2 is 1.37 bits per heavy atom. The van der Waals surface area contributed by atoms with E-state index in [2.05, 4.69) is 50.4 Å². The number of fused-ring (bicyclic) bond motifs is 2. The van der Waals surface area contributed by atoms with Crippen LogP contribution in [0.15, 0.2) is 49.9 Å². The van der Waals surface area contributed by atoms with Gasteiger partial charge in [0.2, 0.25) is 0 Å². The molecule has 3 aliphatic carbocycles. The summed E-state index contributed by atoms with van der Waals surface area (Å²) >= 11 is 0. The minimum Gasteiger partial charge on any atom is -0.494 e. The van der Waals surface area contributed by atoms with E-state index in [4.69, 9.17) is 14.2 Å². The lowest BCUT2D eigenvalue weighted by Crippen LogP contribution is -2.49. The van der Waals surface area contributed by atoms with Crippen molar-refractivity contribution in [3.8, 4) is 0 Å². The molecular formula is C36H56N2O5. The highest BCUT2D eigenvalue weighted by Gasteiger charge is 2.54. The zero-order valence-electron chi connectivity index (χ0n) is 26.9. The predicted octanol–water partition coefficient (Wildman–Crippen LogP) is 7.70. The Morgan fingerprint density at radius 3 is 1.95 bits per heavy atom. The number of likely N-dealkylation sites (tertiary alicyclic amines) is 1. The van der Waals surface area contributed by atoms with Crippen LogP contribution in [0.5, 0.6) is 0 Å². The molecule has 1 saturated heterocycles. The number of nitrogens with zero attached hydrogens (tertiary/aromatic N) is 1. The molecule has 0 aromatic heterocycles.